The molecule has 1 aliphatic heterocycles. The third-order valence-electron chi connectivity index (χ3n) is 2.02. The molecule has 0 radical (unpaired) electrons. The van der Waals surface area contributed by atoms with Crippen LogP contribution in [0.4, 0.5) is 4.79 Å². The highest BCUT2D eigenvalue weighted by Gasteiger charge is 2.21. The van der Waals surface area contributed by atoms with Gasteiger partial charge in [0.15, 0.2) is 0 Å². The van der Waals surface area contributed by atoms with E-state index in [0.29, 0.717) is 13.0 Å². The molecule has 6 heteroatoms. The van der Waals surface area contributed by atoms with Crippen LogP contribution in [0, 0.1) is 0 Å². The maximum atomic E-state index is 11.2. The summed E-state index contributed by atoms with van der Waals surface area (Å²) in [4.78, 5) is 22.1. The van der Waals surface area contributed by atoms with E-state index in [0.717, 1.165) is 6.42 Å². The van der Waals surface area contributed by atoms with Crippen LogP contribution in [-0.4, -0.2) is 30.2 Å². The maximum Gasteiger partial charge on any atom is 0.422 e. The Kier molecular flexibility index (Phi) is 4.12. The summed E-state index contributed by atoms with van der Waals surface area (Å²) in [5.41, 5.74) is 4.64. The maximum absolute atomic E-state index is 11.2. The summed E-state index contributed by atoms with van der Waals surface area (Å²) < 4.78 is 5.02. The van der Waals surface area contributed by atoms with E-state index in [1.54, 1.807) is 20.8 Å². The van der Waals surface area contributed by atoms with Gasteiger partial charge in [-0.15, -0.1) is 0 Å². The van der Waals surface area contributed by atoms with Gasteiger partial charge in [0.25, 0.3) is 0 Å². The van der Waals surface area contributed by atoms with Gasteiger partial charge in [-0.1, -0.05) is 0 Å². The molecule has 1 fully saturated rings. The number of nitrogens with one attached hydrogen (secondary N) is 3. The summed E-state index contributed by atoms with van der Waals surface area (Å²) in [6, 6.07) is 0.0856. The van der Waals surface area contributed by atoms with Gasteiger partial charge in [0.05, 0.1) is 0 Å². The Hall–Kier alpha value is -1.30. The van der Waals surface area contributed by atoms with Crippen molar-refractivity contribution in [2.24, 2.45) is 0 Å². The molecule has 92 valence electrons. The standard InChI is InChI=1S/C10H19N3O3/c1-10(2,3)16-9(15)13-11-6-7-4-5-8(14)12-7/h7,11H,4-6H2,1-3H3,(H,12,14)(H,13,15)/t7-/m0/s1. The fourth-order valence-electron chi connectivity index (χ4n) is 1.38. The monoisotopic (exact) mass is 229 g/mol. The molecule has 3 N–H and O–H groups in total. The predicted octanol–water partition coefficient (Wildman–Crippen LogP) is 0.294. The van der Waals surface area contributed by atoms with Crippen LogP contribution in [0.25, 0.3) is 0 Å². The van der Waals surface area contributed by atoms with E-state index in [2.05, 4.69) is 16.2 Å². The molecule has 1 atom stereocenters. The van der Waals surface area contributed by atoms with Crippen molar-refractivity contribution in [3.8, 4) is 0 Å². The van der Waals surface area contributed by atoms with Crippen molar-refractivity contribution in [3.63, 3.8) is 0 Å². The second-order valence-corrected chi connectivity index (χ2v) is 4.81. The minimum atomic E-state index is -0.517. The van der Waals surface area contributed by atoms with Crippen LogP contribution in [0.3, 0.4) is 0 Å². The lowest BCUT2D eigenvalue weighted by Gasteiger charge is -2.20. The smallest absolute Gasteiger partial charge is 0.422 e. The Labute approximate surface area is 95.1 Å². The summed E-state index contributed by atoms with van der Waals surface area (Å²) >= 11 is 0. The predicted molar refractivity (Wildman–Crippen MR) is 58.5 cm³/mol. The molecule has 0 unspecified atom stereocenters. The van der Waals surface area contributed by atoms with Crippen LogP contribution in [-0.2, 0) is 9.53 Å². The Balaban J connectivity index is 2.11. The summed E-state index contributed by atoms with van der Waals surface area (Å²) in [5, 5.41) is 2.78. The highest BCUT2D eigenvalue weighted by molar-refractivity contribution is 5.78. The molecule has 6 nitrogen and oxygen atoms in total. The number of carbonyl (C=O) groups is 2. The van der Waals surface area contributed by atoms with Gasteiger partial charge < -0.3 is 10.1 Å². The quantitative estimate of drug-likeness (QED) is 0.608. The first-order valence-corrected chi connectivity index (χ1v) is 5.38. The highest BCUT2D eigenvalue weighted by Crippen LogP contribution is 2.06. The van der Waals surface area contributed by atoms with E-state index >= 15 is 0 Å². The molecule has 0 aromatic heterocycles. The highest BCUT2D eigenvalue weighted by atomic mass is 16.6. The van der Waals surface area contributed by atoms with Crippen molar-refractivity contribution in [1.82, 2.24) is 16.2 Å². The normalized spacial score (nSPS) is 20.4. The summed E-state index contributed by atoms with van der Waals surface area (Å²) in [7, 11) is 0. The van der Waals surface area contributed by atoms with Crippen LogP contribution in [0.5, 0.6) is 0 Å². The van der Waals surface area contributed by atoms with Gasteiger partial charge in [0.2, 0.25) is 5.91 Å². The van der Waals surface area contributed by atoms with E-state index in [4.69, 9.17) is 4.74 Å². The molecule has 0 bridgehead atoms. The topological polar surface area (TPSA) is 79.5 Å². The van der Waals surface area contributed by atoms with Gasteiger partial charge in [0.1, 0.15) is 5.60 Å². The minimum Gasteiger partial charge on any atom is -0.443 e. The number of hydrogen-bond acceptors (Lipinski definition) is 4. The molecule has 16 heavy (non-hydrogen) atoms. The Morgan fingerprint density at radius 1 is 1.56 bits per heavy atom. The molecular formula is C10H19N3O3. The SMILES string of the molecule is CC(C)(C)OC(=O)NNC[C@@H]1CCC(=O)N1. The first kappa shape index (κ1) is 12.8. The van der Waals surface area contributed by atoms with Crippen LogP contribution in [0.1, 0.15) is 33.6 Å². The lowest BCUT2D eigenvalue weighted by Crippen LogP contribution is -2.46. The third kappa shape index (κ3) is 4.97. The second kappa shape index (κ2) is 5.16. The Bertz CT molecular complexity index is 273. The van der Waals surface area contributed by atoms with E-state index in [1.165, 1.54) is 0 Å². The van der Waals surface area contributed by atoms with E-state index in [9.17, 15) is 9.59 Å². The third-order valence-corrected chi connectivity index (χ3v) is 2.02. The average Bonchev–Trinajstić information content (AvgIpc) is 2.48. The molecule has 0 aromatic carbocycles. The minimum absolute atomic E-state index is 0.0593. The number of carbonyl (C=O) groups excluding carboxylic acids is 2. The van der Waals surface area contributed by atoms with E-state index < -0.39 is 11.7 Å². The van der Waals surface area contributed by atoms with Gasteiger partial charge in [-0.25, -0.2) is 10.2 Å². The summed E-state index contributed by atoms with van der Waals surface area (Å²) in [5.74, 6) is 0.0593. The fraction of sp³-hybridized carbons (Fsp3) is 0.800. The van der Waals surface area contributed by atoms with Crippen LogP contribution in [0.15, 0.2) is 0 Å². The van der Waals surface area contributed by atoms with E-state index in [-0.39, 0.29) is 11.9 Å². The number of rotatable bonds is 3. The van der Waals surface area contributed by atoms with Gasteiger partial charge >= 0.3 is 6.09 Å². The lowest BCUT2D eigenvalue weighted by atomic mass is 10.2. The molecule has 2 amide bonds. The average molecular weight is 229 g/mol. The molecule has 0 aromatic rings. The number of hydrazine groups is 1. The molecular weight excluding hydrogens is 210 g/mol. The van der Waals surface area contributed by atoms with E-state index in [1.807, 2.05) is 0 Å². The van der Waals surface area contributed by atoms with Gasteiger partial charge in [-0.2, -0.15) is 0 Å². The van der Waals surface area contributed by atoms with Crippen molar-refractivity contribution >= 4 is 12.0 Å². The zero-order chi connectivity index (χ0) is 12.2. The molecule has 0 spiro atoms. The largest absolute Gasteiger partial charge is 0.443 e. The number of hydrogen-bond donors (Lipinski definition) is 3. The van der Waals surface area contributed by atoms with Crippen molar-refractivity contribution < 1.29 is 14.3 Å². The van der Waals surface area contributed by atoms with Crippen molar-refractivity contribution in [2.75, 3.05) is 6.54 Å². The van der Waals surface area contributed by atoms with Crippen LogP contribution in [0.2, 0.25) is 0 Å². The van der Waals surface area contributed by atoms with Crippen molar-refractivity contribution in [3.05, 3.63) is 0 Å². The van der Waals surface area contributed by atoms with Gasteiger partial charge in [0, 0.05) is 19.0 Å². The molecule has 1 saturated heterocycles. The Morgan fingerprint density at radius 2 is 2.25 bits per heavy atom. The summed E-state index contributed by atoms with van der Waals surface area (Å²) in [6.07, 6.45) is 0.831. The fourth-order valence-corrected chi connectivity index (χ4v) is 1.38. The number of amides is 2. The van der Waals surface area contributed by atoms with Crippen molar-refractivity contribution in [1.29, 1.82) is 0 Å². The summed E-state index contributed by atoms with van der Waals surface area (Å²) in [6.45, 7) is 5.89. The van der Waals surface area contributed by atoms with Gasteiger partial charge in [-0.05, 0) is 27.2 Å². The van der Waals surface area contributed by atoms with Gasteiger partial charge in [-0.3, -0.25) is 10.2 Å². The Morgan fingerprint density at radius 3 is 2.75 bits per heavy atom. The van der Waals surface area contributed by atoms with Crippen molar-refractivity contribution in [2.45, 2.75) is 45.3 Å². The number of ether oxygens (including phenoxy) is 1. The first-order chi connectivity index (χ1) is 7.37. The molecule has 1 heterocycles. The zero-order valence-corrected chi connectivity index (χ0v) is 9.92. The lowest BCUT2D eigenvalue weighted by molar-refractivity contribution is -0.119. The van der Waals surface area contributed by atoms with Crippen LogP contribution < -0.4 is 16.2 Å². The van der Waals surface area contributed by atoms with Crippen LogP contribution >= 0.6 is 0 Å². The molecule has 0 aliphatic carbocycles. The molecule has 1 aliphatic rings. The molecule has 1 rings (SSSR count). The first-order valence-electron chi connectivity index (χ1n) is 5.38. The molecule has 0 saturated carbocycles. The second-order valence-electron chi connectivity index (χ2n) is 4.81. The zero-order valence-electron chi connectivity index (χ0n) is 9.92.